The van der Waals surface area contributed by atoms with Gasteiger partial charge >= 0.3 is 0 Å². The van der Waals surface area contributed by atoms with Crippen LogP contribution in [0.15, 0.2) is 112 Å². The Hall–Kier alpha value is -4.88. The highest BCUT2D eigenvalue weighted by Gasteiger charge is 2.27. The summed E-state index contributed by atoms with van der Waals surface area (Å²) in [5.41, 5.74) is 3.72. The molecule has 0 unspecified atom stereocenters. The molecule has 0 heterocycles. The predicted octanol–water partition coefficient (Wildman–Crippen LogP) is 5.31. The van der Waals surface area contributed by atoms with Gasteiger partial charge in [-0.15, -0.1) is 11.8 Å². The number of amides is 2. The first-order valence-corrected chi connectivity index (χ1v) is 16.3. The number of anilines is 2. The molecule has 0 saturated carbocycles. The van der Waals surface area contributed by atoms with Gasteiger partial charge in [-0.05, 0) is 116 Å². The lowest BCUT2D eigenvalue weighted by Gasteiger charge is -2.24. The van der Waals surface area contributed by atoms with Crippen molar-refractivity contribution in [3.8, 4) is 11.5 Å². The normalized spacial score (nSPS) is 11.2. The summed E-state index contributed by atoms with van der Waals surface area (Å²) in [5, 5.41) is 6.56. The molecule has 0 aliphatic rings. The van der Waals surface area contributed by atoms with E-state index in [4.69, 9.17) is 9.47 Å². The van der Waals surface area contributed by atoms with Gasteiger partial charge in [-0.2, -0.15) is 5.10 Å². The fourth-order valence-corrected chi connectivity index (χ4v) is 5.77. The summed E-state index contributed by atoms with van der Waals surface area (Å²) in [4.78, 5) is 25.9. The molecule has 0 bridgehead atoms. The van der Waals surface area contributed by atoms with Crippen LogP contribution in [-0.2, 0) is 19.6 Å². The number of carbonyl (C=O) groups is 2. The number of nitrogens with one attached hydrogen (secondary N) is 2. The number of hydrogen-bond donors (Lipinski definition) is 2. The van der Waals surface area contributed by atoms with Crippen molar-refractivity contribution in [1.82, 2.24) is 5.43 Å². The van der Waals surface area contributed by atoms with Crippen LogP contribution in [0.2, 0.25) is 0 Å². The van der Waals surface area contributed by atoms with E-state index < -0.39 is 34.2 Å². The molecule has 0 aliphatic heterocycles. The summed E-state index contributed by atoms with van der Waals surface area (Å²) < 4.78 is 52.2. The van der Waals surface area contributed by atoms with Crippen LogP contribution in [-0.4, -0.2) is 52.5 Å². The quantitative estimate of drug-likeness (QED) is 0.108. The van der Waals surface area contributed by atoms with E-state index in [1.807, 2.05) is 13.2 Å². The van der Waals surface area contributed by atoms with Crippen molar-refractivity contribution in [1.29, 1.82) is 0 Å². The molecule has 0 aliphatic carbocycles. The van der Waals surface area contributed by atoms with Crippen molar-refractivity contribution in [2.45, 2.75) is 16.7 Å². The third-order valence-corrected chi connectivity index (χ3v) is 8.68. The van der Waals surface area contributed by atoms with Crippen molar-refractivity contribution >= 4 is 51.2 Å². The van der Waals surface area contributed by atoms with Crippen LogP contribution in [0.4, 0.5) is 15.8 Å². The van der Waals surface area contributed by atoms with Gasteiger partial charge in [-0.1, -0.05) is 0 Å². The second kappa shape index (κ2) is 15.7. The number of ether oxygens (including phenoxy) is 2. The van der Waals surface area contributed by atoms with E-state index in [1.54, 1.807) is 60.7 Å². The van der Waals surface area contributed by atoms with Crippen LogP contribution >= 0.6 is 11.8 Å². The second-order valence-electron chi connectivity index (χ2n) is 9.32. The number of thioether (sulfide) groups is 1. The summed E-state index contributed by atoms with van der Waals surface area (Å²) in [6.07, 6.45) is 3.28. The largest absolute Gasteiger partial charge is 0.494 e. The fraction of sp³-hybridized carbons (Fsp3) is 0.156. The lowest BCUT2D eigenvalue weighted by molar-refractivity contribution is -0.119. The molecule has 0 spiro atoms. The molecule has 2 amide bonds. The Morgan fingerprint density at radius 2 is 1.49 bits per heavy atom. The smallest absolute Gasteiger partial charge is 0.264 e. The van der Waals surface area contributed by atoms with Crippen LogP contribution in [0, 0.1) is 5.82 Å². The van der Waals surface area contributed by atoms with Crippen LogP contribution in [0.5, 0.6) is 11.5 Å². The first kappa shape index (κ1) is 33.0. The van der Waals surface area contributed by atoms with E-state index in [2.05, 4.69) is 15.8 Å². The summed E-state index contributed by atoms with van der Waals surface area (Å²) >= 11 is 1.49. The van der Waals surface area contributed by atoms with Gasteiger partial charge in [0.05, 0.1) is 23.4 Å². The fourth-order valence-electron chi connectivity index (χ4n) is 3.94. The molecule has 13 heteroatoms. The van der Waals surface area contributed by atoms with Crippen LogP contribution < -0.4 is 24.5 Å². The Balaban J connectivity index is 1.37. The highest BCUT2D eigenvalue weighted by atomic mass is 32.2. The van der Waals surface area contributed by atoms with Crippen LogP contribution in [0.25, 0.3) is 0 Å². The maximum atomic E-state index is 13.6. The molecule has 234 valence electrons. The molecule has 4 aromatic rings. The topological polar surface area (TPSA) is 126 Å². The molecule has 0 fully saturated rings. The Morgan fingerprint density at radius 1 is 0.867 bits per heavy atom. The van der Waals surface area contributed by atoms with Gasteiger partial charge in [0.2, 0.25) is 0 Å². The maximum absolute atomic E-state index is 13.6. The lowest BCUT2D eigenvalue weighted by atomic mass is 10.2. The number of rotatable bonds is 14. The van der Waals surface area contributed by atoms with Crippen LogP contribution in [0.3, 0.4) is 0 Å². The summed E-state index contributed by atoms with van der Waals surface area (Å²) in [5.74, 6) is -0.474. The van der Waals surface area contributed by atoms with E-state index in [1.165, 1.54) is 54.4 Å². The molecule has 4 rings (SSSR count). The number of benzene rings is 4. The van der Waals surface area contributed by atoms with Gasteiger partial charge < -0.3 is 14.8 Å². The molecular weight excluding hydrogens is 620 g/mol. The number of hydrazone groups is 1. The zero-order valence-electron chi connectivity index (χ0n) is 24.5. The Labute approximate surface area is 265 Å². The van der Waals surface area contributed by atoms with Gasteiger partial charge in [-0.25, -0.2) is 18.2 Å². The molecule has 0 aromatic heterocycles. The number of hydrogen-bond acceptors (Lipinski definition) is 8. The minimum atomic E-state index is -4.10. The van der Waals surface area contributed by atoms with E-state index in [0.29, 0.717) is 29.4 Å². The van der Waals surface area contributed by atoms with Crippen LogP contribution in [0.1, 0.15) is 12.5 Å². The standard InChI is InChI=1S/C32H31FN4O6S2/c1-3-42-27-14-10-26(11-15-27)37(45(40,41)30-18-16-29(44-2)17-19-30)21-31(38)36-34-20-23-4-12-28(13-5-23)43-22-32(39)35-25-8-6-24(33)7-9-25/h4-20H,3,21-22H2,1-2H3,(H,35,39)(H,36,38)/b34-20-. The van der Waals surface area contributed by atoms with E-state index >= 15 is 0 Å². The van der Waals surface area contributed by atoms with Crippen molar-refractivity contribution in [3.63, 3.8) is 0 Å². The third-order valence-electron chi connectivity index (χ3n) is 6.15. The maximum Gasteiger partial charge on any atom is 0.264 e. The number of nitrogens with zero attached hydrogens (tertiary/aromatic N) is 2. The monoisotopic (exact) mass is 650 g/mol. The highest BCUT2D eigenvalue weighted by Crippen LogP contribution is 2.27. The zero-order chi connectivity index (χ0) is 32.2. The van der Waals surface area contributed by atoms with E-state index in [9.17, 15) is 22.4 Å². The lowest BCUT2D eigenvalue weighted by Crippen LogP contribution is -2.39. The van der Waals surface area contributed by atoms with E-state index in [-0.39, 0.29) is 17.2 Å². The zero-order valence-corrected chi connectivity index (χ0v) is 26.1. The van der Waals surface area contributed by atoms with Gasteiger partial charge in [0, 0.05) is 10.6 Å². The Bertz CT molecular complexity index is 1720. The minimum absolute atomic E-state index is 0.0423. The van der Waals surface area contributed by atoms with Gasteiger partial charge in [-0.3, -0.25) is 13.9 Å². The molecular formula is C32H31FN4O6S2. The number of carbonyl (C=O) groups excluding carboxylic acids is 2. The van der Waals surface area contributed by atoms with Gasteiger partial charge in [0.15, 0.2) is 6.61 Å². The average molecular weight is 651 g/mol. The van der Waals surface area contributed by atoms with Crippen molar-refractivity contribution in [3.05, 3.63) is 108 Å². The van der Waals surface area contributed by atoms with Crippen molar-refractivity contribution in [2.24, 2.45) is 5.10 Å². The molecule has 10 nitrogen and oxygen atoms in total. The molecule has 2 N–H and O–H groups in total. The summed E-state index contributed by atoms with van der Waals surface area (Å²) in [7, 11) is -4.10. The Morgan fingerprint density at radius 3 is 2.11 bits per heavy atom. The molecule has 0 atom stereocenters. The molecule has 0 radical (unpaired) electrons. The number of sulfonamides is 1. The predicted molar refractivity (Wildman–Crippen MR) is 173 cm³/mol. The molecule has 0 saturated heterocycles. The molecule has 45 heavy (non-hydrogen) atoms. The number of halogens is 1. The average Bonchev–Trinajstić information content (AvgIpc) is 3.05. The SMILES string of the molecule is CCOc1ccc(N(CC(=O)N/N=C\c2ccc(OCC(=O)Nc3ccc(F)cc3)cc2)S(=O)(=O)c2ccc(SC)cc2)cc1. The molecule has 4 aromatic carbocycles. The Kier molecular flexibility index (Phi) is 11.5. The van der Waals surface area contributed by atoms with Crippen molar-refractivity contribution < 1.29 is 31.9 Å². The van der Waals surface area contributed by atoms with Gasteiger partial charge in [0.1, 0.15) is 23.9 Å². The van der Waals surface area contributed by atoms with Gasteiger partial charge in [0.25, 0.3) is 21.8 Å². The minimum Gasteiger partial charge on any atom is -0.494 e. The second-order valence-corrected chi connectivity index (χ2v) is 12.1. The first-order chi connectivity index (χ1) is 21.7. The van der Waals surface area contributed by atoms with Crippen molar-refractivity contribution in [2.75, 3.05) is 35.6 Å². The first-order valence-electron chi connectivity index (χ1n) is 13.7. The highest BCUT2D eigenvalue weighted by molar-refractivity contribution is 7.98. The van der Waals surface area contributed by atoms with E-state index in [0.717, 1.165) is 9.20 Å². The summed E-state index contributed by atoms with van der Waals surface area (Å²) in [6, 6.07) is 24.8. The summed E-state index contributed by atoms with van der Waals surface area (Å²) in [6.45, 7) is 1.52. The third kappa shape index (κ3) is 9.55.